The van der Waals surface area contributed by atoms with Gasteiger partial charge in [0.15, 0.2) is 5.96 Å². The lowest BCUT2D eigenvalue weighted by molar-refractivity contribution is 0.0211. The second-order valence-electron chi connectivity index (χ2n) is 7.48. The molecule has 0 bridgehead atoms. The highest BCUT2D eigenvalue weighted by Gasteiger charge is 2.18. The summed E-state index contributed by atoms with van der Waals surface area (Å²) in [5.41, 5.74) is 3.68. The van der Waals surface area contributed by atoms with E-state index >= 15 is 0 Å². The van der Waals surface area contributed by atoms with Crippen LogP contribution in [0.25, 0.3) is 0 Å². The number of rotatable bonds is 6. The van der Waals surface area contributed by atoms with Gasteiger partial charge in [-0.1, -0.05) is 6.07 Å². The molecule has 3 rings (SSSR count). The van der Waals surface area contributed by atoms with Crippen molar-refractivity contribution in [3.05, 3.63) is 28.8 Å². The second kappa shape index (κ2) is 9.95. The molecule has 0 radical (unpaired) electrons. The number of ether oxygens (including phenoxy) is 1. The molecule has 0 spiro atoms. The number of nitrogens with one attached hydrogen (secondary N) is 2. The SMILES string of the molecule is CCNC(=NCc1c(O)ccc2c1CCCC2)NCC(C)N1CCOCC1. The highest BCUT2D eigenvalue weighted by atomic mass is 16.5. The largest absolute Gasteiger partial charge is 0.508 e. The summed E-state index contributed by atoms with van der Waals surface area (Å²) in [6.45, 7) is 10.1. The van der Waals surface area contributed by atoms with Crippen molar-refractivity contribution in [3.63, 3.8) is 0 Å². The maximum atomic E-state index is 10.4. The molecule has 0 aromatic heterocycles. The number of phenolic OH excluding ortho intramolecular Hbond substituents is 1. The van der Waals surface area contributed by atoms with E-state index in [-0.39, 0.29) is 0 Å². The first-order valence-corrected chi connectivity index (χ1v) is 10.4. The smallest absolute Gasteiger partial charge is 0.191 e. The van der Waals surface area contributed by atoms with Crippen LogP contribution < -0.4 is 10.6 Å². The molecule has 0 amide bonds. The van der Waals surface area contributed by atoms with Crippen LogP contribution in [-0.2, 0) is 24.1 Å². The van der Waals surface area contributed by atoms with Gasteiger partial charge in [-0.25, -0.2) is 4.99 Å². The number of fused-ring (bicyclic) bond motifs is 1. The topological polar surface area (TPSA) is 69.1 Å². The molecule has 27 heavy (non-hydrogen) atoms. The Bertz CT molecular complexity index is 641. The van der Waals surface area contributed by atoms with Crippen molar-refractivity contribution in [1.29, 1.82) is 0 Å². The molecule has 1 heterocycles. The van der Waals surface area contributed by atoms with E-state index in [1.54, 1.807) is 0 Å². The normalized spacial score (nSPS) is 19.4. The standard InChI is InChI=1S/C21H34N4O2/c1-3-22-21(23-14-16(2)25-10-12-27-13-11-25)24-15-19-18-7-5-4-6-17(18)8-9-20(19)26/h8-9,16,26H,3-7,10-15H2,1-2H3,(H2,22,23,24). The minimum Gasteiger partial charge on any atom is -0.508 e. The van der Waals surface area contributed by atoms with Gasteiger partial charge in [0.1, 0.15) is 5.75 Å². The Hall–Kier alpha value is -1.79. The molecule has 6 heteroatoms. The summed E-state index contributed by atoms with van der Waals surface area (Å²) < 4.78 is 5.44. The predicted octanol–water partition coefficient (Wildman–Crippen LogP) is 2.05. The van der Waals surface area contributed by atoms with Crippen molar-refractivity contribution in [1.82, 2.24) is 15.5 Å². The van der Waals surface area contributed by atoms with Crippen molar-refractivity contribution in [2.24, 2.45) is 4.99 Å². The van der Waals surface area contributed by atoms with Gasteiger partial charge in [0, 0.05) is 37.8 Å². The molecule has 1 aromatic carbocycles. The fraction of sp³-hybridized carbons (Fsp3) is 0.667. The Morgan fingerprint density at radius 3 is 2.78 bits per heavy atom. The zero-order valence-corrected chi connectivity index (χ0v) is 16.8. The van der Waals surface area contributed by atoms with E-state index in [1.165, 1.54) is 24.0 Å². The summed E-state index contributed by atoms with van der Waals surface area (Å²) in [6, 6.07) is 4.33. The molecule has 1 atom stereocenters. The molecule has 0 saturated carbocycles. The van der Waals surface area contributed by atoms with Crippen LogP contribution >= 0.6 is 0 Å². The van der Waals surface area contributed by atoms with Gasteiger partial charge in [-0.15, -0.1) is 0 Å². The van der Waals surface area contributed by atoms with Gasteiger partial charge in [0.2, 0.25) is 0 Å². The first-order valence-electron chi connectivity index (χ1n) is 10.4. The third-order valence-electron chi connectivity index (χ3n) is 5.60. The number of aryl methyl sites for hydroxylation is 1. The first-order chi connectivity index (χ1) is 13.2. The van der Waals surface area contributed by atoms with Gasteiger partial charge in [-0.3, -0.25) is 4.90 Å². The molecule has 1 fully saturated rings. The maximum absolute atomic E-state index is 10.4. The zero-order chi connectivity index (χ0) is 19.1. The molecule has 1 saturated heterocycles. The van der Waals surface area contributed by atoms with Crippen molar-refractivity contribution in [2.45, 2.75) is 52.1 Å². The molecule has 1 aliphatic heterocycles. The Morgan fingerprint density at radius 1 is 1.22 bits per heavy atom. The third-order valence-corrected chi connectivity index (χ3v) is 5.60. The molecular formula is C21H34N4O2. The Balaban J connectivity index is 1.63. The Kier molecular flexibility index (Phi) is 7.35. The third kappa shape index (κ3) is 5.36. The van der Waals surface area contributed by atoms with Crippen LogP contribution in [0.1, 0.15) is 43.4 Å². The highest BCUT2D eigenvalue weighted by Crippen LogP contribution is 2.31. The number of benzene rings is 1. The van der Waals surface area contributed by atoms with Crippen molar-refractivity contribution < 1.29 is 9.84 Å². The van der Waals surface area contributed by atoms with E-state index in [0.717, 1.165) is 63.8 Å². The quantitative estimate of drug-likeness (QED) is 0.525. The van der Waals surface area contributed by atoms with Gasteiger partial charge in [0.05, 0.1) is 19.8 Å². The van der Waals surface area contributed by atoms with E-state index < -0.39 is 0 Å². The van der Waals surface area contributed by atoms with Crippen LogP contribution in [-0.4, -0.2) is 61.4 Å². The lowest BCUT2D eigenvalue weighted by Gasteiger charge is -2.32. The number of nitrogens with zero attached hydrogens (tertiary/aromatic N) is 2. The van der Waals surface area contributed by atoms with E-state index in [9.17, 15) is 5.11 Å². The van der Waals surface area contributed by atoms with Crippen molar-refractivity contribution in [3.8, 4) is 5.75 Å². The molecule has 2 aliphatic rings. The zero-order valence-electron chi connectivity index (χ0n) is 16.8. The second-order valence-corrected chi connectivity index (χ2v) is 7.48. The minimum absolute atomic E-state index is 0.372. The lowest BCUT2D eigenvalue weighted by Crippen LogP contribution is -2.49. The van der Waals surface area contributed by atoms with Gasteiger partial charge in [-0.2, -0.15) is 0 Å². The summed E-state index contributed by atoms with van der Waals surface area (Å²) in [5.74, 6) is 1.18. The lowest BCUT2D eigenvalue weighted by atomic mass is 9.88. The maximum Gasteiger partial charge on any atom is 0.191 e. The van der Waals surface area contributed by atoms with Crippen molar-refractivity contribution in [2.75, 3.05) is 39.4 Å². The molecule has 1 aromatic rings. The summed E-state index contributed by atoms with van der Waals surface area (Å²) >= 11 is 0. The monoisotopic (exact) mass is 374 g/mol. The van der Waals surface area contributed by atoms with Gasteiger partial charge < -0.3 is 20.5 Å². The summed E-state index contributed by atoms with van der Waals surface area (Å²) in [5, 5.41) is 17.2. The average Bonchev–Trinajstić information content (AvgIpc) is 2.71. The average molecular weight is 375 g/mol. The van der Waals surface area contributed by atoms with E-state index in [2.05, 4.69) is 35.4 Å². The number of hydrogen-bond acceptors (Lipinski definition) is 4. The number of guanidine groups is 1. The Labute approximate surface area is 163 Å². The van der Waals surface area contributed by atoms with Crippen LogP contribution in [0.2, 0.25) is 0 Å². The van der Waals surface area contributed by atoms with Crippen LogP contribution in [0.4, 0.5) is 0 Å². The van der Waals surface area contributed by atoms with Crippen LogP contribution in [0.5, 0.6) is 5.75 Å². The molecule has 3 N–H and O–H groups in total. The van der Waals surface area contributed by atoms with E-state index in [0.29, 0.717) is 18.3 Å². The van der Waals surface area contributed by atoms with Gasteiger partial charge >= 0.3 is 0 Å². The number of phenols is 1. The number of morpholine rings is 1. The van der Waals surface area contributed by atoms with Gasteiger partial charge in [0.25, 0.3) is 0 Å². The Morgan fingerprint density at radius 2 is 2.00 bits per heavy atom. The molecule has 1 unspecified atom stereocenters. The van der Waals surface area contributed by atoms with Gasteiger partial charge in [-0.05, 0) is 56.7 Å². The molecule has 6 nitrogen and oxygen atoms in total. The number of aromatic hydroxyl groups is 1. The summed E-state index contributed by atoms with van der Waals surface area (Å²) in [4.78, 5) is 7.20. The van der Waals surface area contributed by atoms with Crippen molar-refractivity contribution >= 4 is 5.96 Å². The first kappa shape index (κ1) is 20.0. The number of hydrogen-bond donors (Lipinski definition) is 3. The van der Waals surface area contributed by atoms with Crippen LogP contribution in [0, 0.1) is 0 Å². The summed E-state index contributed by atoms with van der Waals surface area (Å²) in [6.07, 6.45) is 4.60. The highest BCUT2D eigenvalue weighted by molar-refractivity contribution is 5.79. The fourth-order valence-corrected chi connectivity index (χ4v) is 3.96. The van der Waals surface area contributed by atoms with Crippen LogP contribution in [0.3, 0.4) is 0 Å². The molecular weight excluding hydrogens is 340 g/mol. The molecule has 150 valence electrons. The number of aliphatic imine (C=N–C) groups is 1. The van der Waals surface area contributed by atoms with E-state index in [4.69, 9.17) is 9.73 Å². The minimum atomic E-state index is 0.372. The summed E-state index contributed by atoms with van der Waals surface area (Å²) in [7, 11) is 0. The van der Waals surface area contributed by atoms with E-state index in [1.807, 2.05) is 6.07 Å². The van der Waals surface area contributed by atoms with Crippen LogP contribution in [0.15, 0.2) is 17.1 Å². The molecule has 1 aliphatic carbocycles. The predicted molar refractivity (Wildman–Crippen MR) is 109 cm³/mol. The fourth-order valence-electron chi connectivity index (χ4n) is 3.96.